The number of hydrogen-bond acceptors (Lipinski definition) is 3. The molecule has 22 heavy (non-hydrogen) atoms. The van der Waals surface area contributed by atoms with Gasteiger partial charge >= 0.3 is 6.03 Å². The Bertz CT molecular complexity index is 446. The Kier molecular flexibility index (Phi) is 7.35. The normalized spacial score (nSPS) is 15.2. The van der Waals surface area contributed by atoms with Gasteiger partial charge in [-0.25, -0.2) is 4.79 Å². The molecule has 0 aliphatic heterocycles. The number of urea groups is 1. The molecule has 1 aromatic rings. The van der Waals surface area contributed by atoms with Gasteiger partial charge in [-0.2, -0.15) is 0 Å². The molecule has 0 heterocycles. The van der Waals surface area contributed by atoms with E-state index in [0.717, 1.165) is 5.56 Å². The summed E-state index contributed by atoms with van der Waals surface area (Å²) in [6.45, 7) is 9.01. The second-order valence-corrected chi connectivity index (χ2v) is 6.30. The lowest BCUT2D eigenvalue weighted by Crippen LogP contribution is -2.47. The maximum Gasteiger partial charge on any atom is 0.315 e. The van der Waals surface area contributed by atoms with Crippen molar-refractivity contribution in [1.82, 2.24) is 10.6 Å². The summed E-state index contributed by atoms with van der Waals surface area (Å²) in [5.41, 5.74) is -0.334. The van der Waals surface area contributed by atoms with Crippen LogP contribution in [0.3, 0.4) is 0 Å². The summed E-state index contributed by atoms with van der Waals surface area (Å²) in [6.07, 6.45) is 0. The summed E-state index contributed by atoms with van der Waals surface area (Å²) in [7, 11) is 0. The molecule has 2 unspecified atom stereocenters. The van der Waals surface area contributed by atoms with Crippen LogP contribution in [-0.2, 0) is 10.3 Å². The standard InChI is InChI=1S/C17H28N2O3/c1-13(2)10-22-11-14(3)19-16(20)18-12-17(4,21)15-8-6-5-7-9-15/h5-9,13-14,21H,10-12H2,1-4H3,(H2,18,19,20). The van der Waals surface area contributed by atoms with Crippen LogP contribution in [0.4, 0.5) is 4.79 Å². The van der Waals surface area contributed by atoms with Gasteiger partial charge in [-0.1, -0.05) is 44.2 Å². The lowest BCUT2D eigenvalue weighted by Gasteiger charge is -2.25. The summed E-state index contributed by atoms with van der Waals surface area (Å²) in [6, 6.07) is 8.88. The summed E-state index contributed by atoms with van der Waals surface area (Å²) in [5, 5.41) is 15.9. The third-order valence-corrected chi connectivity index (χ3v) is 3.19. The van der Waals surface area contributed by atoms with Crippen LogP contribution in [0.15, 0.2) is 30.3 Å². The third kappa shape index (κ3) is 6.91. The number of benzene rings is 1. The average molecular weight is 308 g/mol. The van der Waals surface area contributed by atoms with Crippen LogP contribution < -0.4 is 10.6 Å². The molecular weight excluding hydrogens is 280 g/mol. The van der Waals surface area contributed by atoms with E-state index >= 15 is 0 Å². The van der Waals surface area contributed by atoms with Crippen molar-refractivity contribution in [3.05, 3.63) is 35.9 Å². The van der Waals surface area contributed by atoms with E-state index in [1.807, 2.05) is 37.3 Å². The number of carbonyl (C=O) groups is 1. The van der Waals surface area contributed by atoms with E-state index in [1.54, 1.807) is 6.92 Å². The van der Waals surface area contributed by atoms with Crippen molar-refractivity contribution in [3.63, 3.8) is 0 Å². The summed E-state index contributed by atoms with van der Waals surface area (Å²) in [4.78, 5) is 11.8. The van der Waals surface area contributed by atoms with Gasteiger partial charge in [0.2, 0.25) is 0 Å². The van der Waals surface area contributed by atoms with Gasteiger partial charge in [-0.15, -0.1) is 0 Å². The first kappa shape index (κ1) is 18.5. The minimum Gasteiger partial charge on any atom is -0.384 e. The minimum atomic E-state index is -1.10. The molecule has 5 heteroatoms. The Morgan fingerprint density at radius 1 is 1.23 bits per heavy atom. The second kappa shape index (κ2) is 8.76. The zero-order chi connectivity index (χ0) is 16.6. The summed E-state index contributed by atoms with van der Waals surface area (Å²) >= 11 is 0. The Labute approximate surface area is 133 Å². The maximum absolute atomic E-state index is 11.8. The Balaban J connectivity index is 2.33. The van der Waals surface area contributed by atoms with Crippen molar-refractivity contribution in [2.75, 3.05) is 19.8 Å². The smallest absolute Gasteiger partial charge is 0.315 e. The van der Waals surface area contributed by atoms with E-state index < -0.39 is 5.60 Å². The molecule has 0 fully saturated rings. The first-order valence-corrected chi connectivity index (χ1v) is 7.71. The largest absolute Gasteiger partial charge is 0.384 e. The number of rotatable bonds is 8. The van der Waals surface area contributed by atoms with Gasteiger partial charge in [0.05, 0.1) is 19.2 Å². The van der Waals surface area contributed by atoms with Crippen LogP contribution in [0.1, 0.15) is 33.3 Å². The van der Waals surface area contributed by atoms with Gasteiger partial charge in [0.15, 0.2) is 0 Å². The van der Waals surface area contributed by atoms with Crippen molar-refractivity contribution < 1.29 is 14.6 Å². The molecule has 2 atom stereocenters. The van der Waals surface area contributed by atoms with Crippen molar-refractivity contribution in [3.8, 4) is 0 Å². The fourth-order valence-corrected chi connectivity index (χ4v) is 1.95. The van der Waals surface area contributed by atoms with E-state index in [4.69, 9.17) is 4.74 Å². The van der Waals surface area contributed by atoms with Crippen LogP contribution in [0.25, 0.3) is 0 Å². The zero-order valence-electron chi connectivity index (χ0n) is 13.9. The molecule has 0 aliphatic rings. The number of aliphatic hydroxyl groups is 1. The molecule has 0 radical (unpaired) electrons. The van der Waals surface area contributed by atoms with E-state index in [0.29, 0.717) is 19.1 Å². The highest BCUT2D eigenvalue weighted by Gasteiger charge is 2.23. The SMILES string of the molecule is CC(C)COCC(C)NC(=O)NCC(C)(O)c1ccccc1. The van der Waals surface area contributed by atoms with E-state index in [-0.39, 0.29) is 18.6 Å². The van der Waals surface area contributed by atoms with Gasteiger partial charge in [0, 0.05) is 6.61 Å². The molecule has 0 aromatic heterocycles. The maximum atomic E-state index is 11.8. The van der Waals surface area contributed by atoms with Gasteiger partial charge in [0.25, 0.3) is 0 Å². The van der Waals surface area contributed by atoms with Gasteiger partial charge < -0.3 is 20.5 Å². The monoisotopic (exact) mass is 308 g/mol. The number of hydrogen-bond donors (Lipinski definition) is 3. The van der Waals surface area contributed by atoms with Crippen LogP contribution in [0, 0.1) is 5.92 Å². The predicted octanol–water partition coefficient (Wildman–Crippen LogP) is 2.25. The fourth-order valence-electron chi connectivity index (χ4n) is 1.95. The molecule has 0 saturated carbocycles. The molecule has 1 aromatic carbocycles. The third-order valence-electron chi connectivity index (χ3n) is 3.19. The van der Waals surface area contributed by atoms with Crippen LogP contribution in [0.5, 0.6) is 0 Å². The van der Waals surface area contributed by atoms with Crippen molar-refractivity contribution >= 4 is 6.03 Å². The first-order valence-electron chi connectivity index (χ1n) is 7.71. The number of carbonyl (C=O) groups excluding carboxylic acids is 1. The Hall–Kier alpha value is -1.59. The highest BCUT2D eigenvalue weighted by atomic mass is 16.5. The van der Waals surface area contributed by atoms with Crippen molar-refractivity contribution in [2.45, 2.75) is 39.3 Å². The Morgan fingerprint density at radius 3 is 2.45 bits per heavy atom. The molecule has 1 rings (SSSR count). The van der Waals surface area contributed by atoms with Crippen molar-refractivity contribution in [2.24, 2.45) is 5.92 Å². The van der Waals surface area contributed by atoms with E-state index in [9.17, 15) is 9.90 Å². The molecular formula is C17H28N2O3. The van der Waals surface area contributed by atoms with Crippen molar-refractivity contribution in [1.29, 1.82) is 0 Å². The topological polar surface area (TPSA) is 70.6 Å². The second-order valence-electron chi connectivity index (χ2n) is 6.30. The molecule has 124 valence electrons. The number of nitrogens with one attached hydrogen (secondary N) is 2. The molecule has 0 spiro atoms. The predicted molar refractivity (Wildman–Crippen MR) is 87.7 cm³/mol. The molecule has 0 aliphatic carbocycles. The quantitative estimate of drug-likeness (QED) is 0.690. The van der Waals surface area contributed by atoms with Crippen LogP contribution in [-0.4, -0.2) is 36.9 Å². The summed E-state index contributed by atoms with van der Waals surface area (Å²) in [5.74, 6) is 0.474. The highest BCUT2D eigenvalue weighted by molar-refractivity contribution is 5.74. The molecule has 5 nitrogen and oxygen atoms in total. The Morgan fingerprint density at radius 2 is 1.86 bits per heavy atom. The number of ether oxygens (including phenoxy) is 1. The lowest BCUT2D eigenvalue weighted by molar-refractivity contribution is 0.0587. The van der Waals surface area contributed by atoms with Gasteiger partial charge in [-0.3, -0.25) is 0 Å². The zero-order valence-corrected chi connectivity index (χ0v) is 13.9. The molecule has 0 saturated heterocycles. The highest BCUT2D eigenvalue weighted by Crippen LogP contribution is 2.18. The molecule has 2 amide bonds. The average Bonchev–Trinajstić information content (AvgIpc) is 2.46. The van der Waals surface area contributed by atoms with E-state index in [2.05, 4.69) is 24.5 Å². The van der Waals surface area contributed by atoms with Crippen LogP contribution >= 0.6 is 0 Å². The fraction of sp³-hybridized carbons (Fsp3) is 0.588. The first-order chi connectivity index (χ1) is 10.3. The minimum absolute atomic E-state index is 0.0829. The lowest BCUT2D eigenvalue weighted by atomic mass is 9.96. The number of amides is 2. The van der Waals surface area contributed by atoms with Crippen LogP contribution in [0.2, 0.25) is 0 Å². The molecule has 0 bridgehead atoms. The summed E-state index contributed by atoms with van der Waals surface area (Å²) < 4.78 is 5.48. The van der Waals surface area contributed by atoms with Gasteiger partial charge in [-0.05, 0) is 25.3 Å². The van der Waals surface area contributed by atoms with E-state index in [1.165, 1.54) is 0 Å². The molecule has 3 N–H and O–H groups in total. The van der Waals surface area contributed by atoms with Gasteiger partial charge in [0.1, 0.15) is 5.60 Å².